The Kier molecular flexibility index (Phi) is 5.38. The van der Waals surface area contributed by atoms with Crippen molar-refractivity contribution in [3.05, 3.63) is 65.6 Å². The molecule has 4 rings (SSSR count). The lowest BCUT2D eigenvalue weighted by Gasteiger charge is -2.39. The van der Waals surface area contributed by atoms with E-state index < -0.39 is 0 Å². The molecule has 0 spiro atoms. The molecule has 30 heavy (non-hydrogen) atoms. The number of carbonyl (C=O) groups is 1. The minimum absolute atomic E-state index is 0.113. The van der Waals surface area contributed by atoms with Gasteiger partial charge < -0.3 is 9.32 Å². The highest BCUT2D eigenvalue weighted by molar-refractivity contribution is 5.91. The quantitative estimate of drug-likeness (QED) is 0.656. The molecule has 1 aromatic carbocycles. The van der Waals surface area contributed by atoms with Gasteiger partial charge >= 0.3 is 0 Å². The van der Waals surface area contributed by atoms with Gasteiger partial charge in [0, 0.05) is 26.2 Å². The summed E-state index contributed by atoms with van der Waals surface area (Å²) in [5.74, 6) is 0.634. The standard InChI is InChI=1S/C21H25FN6O2/c1-21(2,3)28-19(23-24-25-28)18(15-6-8-16(22)9-7-15)26-10-12-27(13-11-26)20(29)17-5-4-14-30-17/h4-9,14,18H,10-13H2,1-3H3. The van der Waals surface area contributed by atoms with Crippen molar-refractivity contribution in [3.63, 3.8) is 0 Å². The molecule has 0 saturated carbocycles. The third-order valence-electron chi connectivity index (χ3n) is 5.26. The molecular weight excluding hydrogens is 387 g/mol. The van der Waals surface area contributed by atoms with Gasteiger partial charge in [-0.15, -0.1) is 5.10 Å². The summed E-state index contributed by atoms with van der Waals surface area (Å²) in [5, 5.41) is 12.4. The highest BCUT2D eigenvalue weighted by Crippen LogP contribution is 2.30. The van der Waals surface area contributed by atoms with Gasteiger partial charge in [0.1, 0.15) is 5.82 Å². The largest absolute Gasteiger partial charge is 0.459 e. The van der Waals surface area contributed by atoms with Gasteiger partial charge in [-0.25, -0.2) is 9.07 Å². The Morgan fingerprint density at radius 2 is 1.80 bits per heavy atom. The summed E-state index contributed by atoms with van der Waals surface area (Å²) < 4.78 is 20.6. The van der Waals surface area contributed by atoms with Crippen LogP contribution in [0.4, 0.5) is 4.39 Å². The third kappa shape index (κ3) is 3.97. The molecule has 1 amide bonds. The zero-order chi connectivity index (χ0) is 21.3. The SMILES string of the molecule is CC(C)(C)n1nnnc1C(c1ccc(F)cc1)N1CCN(C(=O)c2ccco2)CC1. The van der Waals surface area contributed by atoms with Gasteiger partial charge in [-0.05, 0) is 61.0 Å². The van der Waals surface area contributed by atoms with E-state index in [-0.39, 0.29) is 23.3 Å². The Morgan fingerprint density at radius 1 is 1.10 bits per heavy atom. The number of piperazine rings is 1. The first-order chi connectivity index (χ1) is 14.3. The molecule has 1 atom stereocenters. The lowest BCUT2D eigenvalue weighted by molar-refractivity contribution is 0.0556. The van der Waals surface area contributed by atoms with E-state index in [1.54, 1.807) is 33.8 Å². The van der Waals surface area contributed by atoms with E-state index in [1.807, 2.05) is 20.8 Å². The summed E-state index contributed by atoms with van der Waals surface area (Å²) in [6, 6.07) is 9.56. The number of halogens is 1. The van der Waals surface area contributed by atoms with E-state index in [2.05, 4.69) is 20.4 Å². The lowest BCUT2D eigenvalue weighted by atomic mass is 10.0. The predicted octanol–water partition coefficient (Wildman–Crippen LogP) is 2.71. The summed E-state index contributed by atoms with van der Waals surface area (Å²) in [6.07, 6.45) is 1.50. The maximum atomic E-state index is 13.6. The van der Waals surface area contributed by atoms with Crippen molar-refractivity contribution in [2.45, 2.75) is 32.4 Å². The number of hydrogen-bond acceptors (Lipinski definition) is 6. The molecule has 1 saturated heterocycles. The molecule has 3 aromatic rings. The third-order valence-corrected chi connectivity index (χ3v) is 5.26. The molecule has 1 aliphatic heterocycles. The fourth-order valence-corrected chi connectivity index (χ4v) is 3.75. The summed E-state index contributed by atoms with van der Waals surface area (Å²) in [5.41, 5.74) is 0.594. The molecule has 1 aliphatic rings. The van der Waals surface area contributed by atoms with Gasteiger partial charge in [-0.3, -0.25) is 9.69 Å². The Labute approximate surface area is 174 Å². The van der Waals surface area contributed by atoms with Crippen LogP contribution in [0.25, 0.3) is 0 Å². The van der Waals surface area contributed by atoms with E-state index in [9.17, 15) is 9.18 Å². The van der Waals surface area contributed by atoms with Gasteiger partial charge in [-0.1, -0.05) is 12.1 Å². The fraction of sp³-hybridized carbons (Fsp3) is 0.429. The molecule has 3 heterocycles. The molecule has 158 valence electrons. The second kappa shape index (κ2) is 7.98. The van der Waals surface area contributed by atoms with Crippen LogP contribution in [-0.4, -0.2) is 62.1 Å². The first-order valence-electron chi connectivity index (χ1n) is 9.95. The summed E-state index contributed by atoms with van der Waals surface area (Å²) in [7, 11) is 0. The van der Waals surface area contributed by atoms with E-state index in [0.29, 0.717) is 37.8 Å². The molecule has 0 aliphatic carbocycles. The molecule has 8 nitrogen and oxygen atoms in total. The minimum atomic E-state index is -0.311. The van der Waals surface area contributed by atoms with Crippen LogP contribution < -0.4 is 0 Å². The number of nitrogens with zero attached hydrogens (tertiary/aromatic N) is 6. The number of aromatic nitrogens is 4. The zero-order valence-electron chi connectivity index (χ0n) is 17.3. The van der Waals surface area contributed by atoms with Crippen LogP contribution in [0.3, 0.4) is 0 Å². The van der Waals surface area contributed by atoms with Crippen molar-refractivity contribution in [2.75, 3.05) is 26.2 Å². The van der Waals surface area contributed by atoms with Crippen LogP contribution in [0.2, 0.25) is 0 Å². The average Bonchev–Trinajstić information content (AvgIpc) is 3.42. The smallest absolute Gasteiger partial charge is 0.289 e. The van der Waals surface area contributed by atoms with Gasteiger partial charge in [-0.2, -0.15) is 0 Å². The topological polar surface area (TPSA) is 80.3 Å². The molecule has 1 fully saturated rings. The fourth-order valence-electron chi connectivity index (χ4n) is 3.75. The number of hydrogen-bond donors (Lipinski definition) is 0. The first kappa shape index (κ1) is 20.2. The van der Waals surface area contributed by atoms with E-state index >= 15 is 0 Å². The van der Waals surface area contributed by atoms with Gasteiger partial charge in [0.15, 0.2) is 11.6 Å². The molecule has 0 bridgehead atoms. The normalized spacial score (nSPS) is 16.6. The van der Waals surface area contributed by atoms with Crippen molar-refractivity contribution in [2.24, 2.45) is 0 Å². The Balaban J connectivity index is 1.61. The van der Waals surface area contributed by atoms with Gasteiger partial charge in [0.05, 0.1) is 17.8 Å². The second-order valence-corrected chi connectivity index (χ2v) is 8.38. The Bertz CT molecular complexity index is 985. The zero-order valence-corrected chi connectivity index (χ0v) is 17.3. The van der Waals surface area contributed by atoms with Crippen LogP contribution in [0, 0.1) is 5.82 Å². The van der Waals surface area contributed by atoms with Crippen molar-refractivity contribution >= 4 is 5.91 Å². The van der Waals surface area contributed by atoms with Crippen LogP contribution in [0.5, 0.6) is 0 Å². The number of rotatable bonds is 4. The molecule has 0 radical (unpaired) electrons. The van der Waals surface area contributed by atoms with E-state index in [1.165, 1.54) is 18.4 Å². The molecule has 1 unspecified atom stereocenters. The number of furan rings is 1. The molecule has 9 heteroatoms. The first-order valence-corrected chi connectivity index (χ1v) is 9.95. The van der Waals surface area contributed by atoms with Crippen molar-refractivity contribution in [3.8, 4) is 0 Å². The summed E-state index contributed by atoms with van der Waals surface area (Å²) in [6.45, 7) is 8.47. The molecule has 0 N–H and O–H groups in total. The maximum Gasteiger partial charge on any atom is 0.289 e. The molecular formula is C21H25FN6O2. The van der Waals surface area contributed by atoms with Crippen LogP contribution in [-0.2, 0) is 5.54 Å². The number of tetrazole rings is 1. The number of carbonyl (C=O) groups excluding carboxylic acids is 1. The van der Waals surface area contributed by atoms with Crippen LogP contribution in [0.1, 0.15) is 48.8 Å². The minimum Gasteiger partial charge on any atom is -0.459 e. The summed E-state index contributed by atoms with van der Waals surface area (Å²) >= 11 is 0. The van der Waals surface area contributed by atoms with Crippen molar-refractivity contribution in [1.29, 1.82) is 0 Å². The average molecular weight is 412 g/mol. The molecule has 2 aromatic heterocycles. The van der Waals surface area contributed by atoms with Crippen molar-refractivity contribution in [1.82, 2.24) is 30.0 Å². The summed E-state index contributed by atoms with van der Waals surface area (Å²) in [4.78, 5) is 16.6. The predicted molar refractivity (Wildman–Crippen MR) is 107 cm³/mol. The van der Waals surface area contributed by atoms with E-state index in [4.69, 9.17) is 4.42 Å². The highest BCUT2D eigenvalue weighted by Gasteiger charge is 2.34. The number of benzene rings is 1. The van der Waals surface area contributed by atoms with Crippen LogP contribution in [0.15, 0.2) is 47.1 Å². The van der Waals surface area contributed by atoms with Gasteiger partial charge in [0.2, 0.25) is 0 Å². The highest BCUT2D eigenvalue weighted by atomic mass is 19.1. The van der Waals surface area contributed by atoms with Crippen molar-refractivity contribution < 1.29 is 13.6 Å². The van der Waals surface area contributed by atoms with Crippen LogP contribution >= 0.6 is 0 Å². The monoisotopic (exact) mass is 412 g/mol. The Hall–Kier alpha value is -3.07. The number of amides is 1. The Morgan fingerprint density at radius 3 is 2.40 bits per heavy atom. The van der Waals surface area contributed by atoms with Gasteiger partial charge in [0.25, 0.3) is 5.91 Å². The lowest BCUT2D eigenvalue weighted by Crippen LogP contribution is -2.50. The maximum absolute atomic E-state index is 13.6. The second-order valence-electron chi connectivity index (χ2n) is 8.38. The van der Waals surface area contributed by atoms with E-state index in [0.717, 1.165) is 5.56 Å².